The molecular weight excluding hydrogens is 441 g/mol. The lowest BCUT2D eigenvalue weighted by molar-refractivity contribution is -0.122. The number of thiocarbonyl (C=S) groups is 1. The van der Waals surface area contributed by atoms with Crippen molar-refractivity contribution in [3.8, 4) is 0 Å². The predicted molar refractivity (Wildman–Crippen MR) is 112 cm³/mol. The van der Waals surface area contributed by atoms with Crippen molar-refractivity contribution >= 4 is 67.9 Å². The largest absolute Gasteiger partial charge is 0.359 e. The molecule has 0 saturated carbocycles. The number of rotatable bonds is 9. The van der Waals surface area contributed by atoms with E-state index in [1.807, 2.05) is 0 Å². The highest BCUT2D eigenvalue weighted by molar-refractivity contribution is 7.91. The number of alkyl halides is 3. The lowest BCUT2D eigenvalue weighted by Crippen LogP contribution is -2.58. The summed E-state index contributed by atoms with van der Waals surface area (Å²) >= 11 is 22.9. The van der Waals surface area contributed by atoms with Crippen LogP contribution in [0.1, 0.15) is 51.9 Å². The molecular formula is C15H26Cl3N3O3S2. The number of carbonyl (C=O) groups excluding carboxylic acids is 1. The third kappa shape index (κ3) is 9.78. The van der Waals surface area contributed by atoms with Crippen LogP contribution in [0.25, 0.3) is 0 Å². The molecule has 0 aromatic rings. The minimum Gasteiger partial charge on any atom is -0.359 e. The highest BCUT2D eigenvalue weighted by Gasteiger charge is 2.35. The highest BCUT2D eigenvalue weighted by Crippen LogP contribution is 2.29. The van der Waals surface area contributed by atoms with Gasteiger partial charge in [-0.05, 0) is 25.1 Å². The van der Waals surface area contributed by atoms with Crippen LogP contribution < -0.4 is 16.0 Å². The SMILES string of the molecule is CCCCCCCC(=O)N[C@@H](NC(=S)N[C@@H]1CCS(=O)(=O)C1)C(Cl)(Cl)Cl. The molecule has 2 atom stereocenters. The van der Waals surface area contributed by atoms with Crippen molar-refractivity contribution in [1.82, 2.24) is 16.0 Å². The molecule has 1 aliphatic heterocycles. The summed E-state index contributed by atoms with van der Waals surface area (Å²) in [4.78, 5) is 12.1. The van der Waals surface area contributed by atoms with Gasteiger partial charge in [-0.3, -0.25) is 4.79 Å². The molecule has 1 fully saturated rings. The first-order valence-electron chi connectivity index (χ1n) is 8.67. The Hall–Kier alpha value is -0.0200. The van der Waals surface area contributed by atoms with Crippen LogP contribution >= 0.6 is 47.0 Å². The van der Waals surface area contributed by atoms with Crippen molar-refractivity contribution in [2.45, 2.75) is 67.9 Å². The van der Waals surface area contributed by atoms with Gasteiger partial charge in [-0.15, -0.1) is 0 Å². The van der Waals surface area contributed by atoms with Gasteiger partial charge in [0.25, 0.3) is 0 Å². The summed E-state index contributed by atoms with van der Waals surface area (Å²) in [5.41, 5.74) is 0. The van der Waals surface area contributed by atoms with Crippen LogP contribution in [-0.2, 0) is 14.6 Å². The highest BCUT2D eigenvalue weighted by atomic mass is 35.6. The van der Waals surface area contributed by atoms with Crippen molar-refractivity contribution < 1.29 is 13.2 Å². The fourth-order valence-corrected chi connectivity index (χ4v) is 4.87. The Labute approximate surface area is 176 Å². The van der Waals surface area contributed by atoms with Gasteiger partial charge in [0.2, 0.25) is 9.70 Å². The van der Waals surface area contributed by atoms with E-state index in [0.29, 0.717) is 12.8 Å². The number of hydrogen-bond acceptors (Lipinski definition) is 4. The Morgan fingerprint density at radius 1 is 1.19 bits per heavy atom. The fraction of sp³-hybridized carbons (Fsp3) is 0.867. The number of sulfone groups is 1. The number of hydrogen-bond donors (Lipinski definition) is 3. The van der Waals surface area contributed by atoms with Crippen LogP contribution in [-0.4, -0.2) is 46.9 Å². The van der Waals surface area contributed by atoms with E-state index in [9.17, 15) is 13.2 Å². The molecule has 1 amide bonds. The molecule has 1 rings (SSSR count). The second-order valence-electron chi connectivity index (χ2n) is 6.42. The van der Waals surface area contributed by atoms with Gasteiger partial charge in [-0.1, -0.05) is 67.4 Å². The zero-order valence-electron chi connectivity index (χ0n) is 14.7. The maximum Gasteiger partial charge on any atom is 0.228 e. The van der Waals surface area contributed by atoms with Crippen LogP contribution in [0.15, 0.2) is 0 Å². The van der Waals surface area contributed by atoms with Crippen LogP contribution in [0.4, 0.5) is 0 Å². The molecule has 152 valence electrons. The normalized spacial score (nSPS) is 20.4. The topological polar surface area (TPSA) is 87.3 Å². The van der Waals surface area contributed by atoms with Crippen molar-refractivity contribution in [3.05, 3.63) is 0 Å². The second kappa shape index (κ2) is 11.1. The first kappa shape index (κ1) is 24.0. The summed E-state index contributed by atoms with van der Waals surface area (Å²) in [5, 5.41) is 8.40. The van der Waals surface area contributed by atoms with Gasteiger partial charge < -0.3 is 16.0 Å². The van der Waals surface area contributed by atoms with Crippen molar-refractivity contribution in [2.24, 2.45) is 0 Å². The standard InChI is InChI=1S/C15H26Cl3N3O3S2/c1-2-3-4-5-6-7-12(22)20-13(15(16,17)18)21-14(25)19-11-8-9-26(23,24)10-11/h11,13H,2-10H2,1H3,(H,20,22)(H2,19,21,25)/t11-,13+/m1/s1. The summed E-state index contributed by atoms with van der Waals surface area (Å²) in [7, 11) is -3.03. The van der Waals surface area contributed by atoms with E-state index in [1.165, 1.54) is 0 Å². The average Bonchev–Trinajstić information content (AvgIpc) is 2.84. The molecule has 0 radical (unpaired) electrons. The Kier molecular flexibility index (Phi) is 10.3. The van der Waals surface area contributed by atoms with Gasteiger partial charge in [0.1, 0.15) is 6.17 Å². The van der Waals surface area contributed by atoms with E-state index in [4.69, 9.17) is 47.0 Å². The van der Waals surface area contributed by atoms with Crippen LogP contribution in [0.5, 0.6) is 0 Å². The average molecular weight is 467 g/mol. The van der Waals surface area contributed by atoms with Gasteiger partial charge in [-0.2, -0.15) is 0 Å². The minimum atomic E-state index is -3.03. The molecule has 0 aromatic carbocycles. The molecule has 1 aliphatic rings. The first-order chi connectivity index (χ1) is 12.0. The molecule has 6 nitrogen and oxygen atoms in total. The fourth-order valence-electron chi connectivity index (χ4n) is 2.59. The maximum absolute atomic E-state index is 12.1. The molecule has 1 heterocycles. The van der Waals surface area contributed by atoms with Crippen LogP contribution in [0, 0.1) is 0 Å². The molecule has 0 aromatic heterocycles. The van der Waals surface area contributed by atoms with Crippen LogP contribution in [0.2, 0.25) is 0 Å². The molecule has 1 saturated heterocycles. The number of nitrogens with one attached hydrogen (secondary N) is 3. The molecule has 11 heteroatoms. The van der Waals surface area contributed by atoms with Crippen molar-refractivity contribution in [3.63, 3.8) is 0 Å². The molecule has 26 heavy (non-hydrogen) atoms. The Morgan fingerprint density at radius 3 is 2.38 bits per heavy atom. The first-order valence-corrected chi connectivity index (χ1v) is 12.0. The van der Waals surface area contributed by atoms with E-state index in [2.05, 4.69) is 22.9 Å². The second-order valence-corrected chi connectivity index (χ2v) is 11.4. The smallest absolute Gasteiger partial charge is 0.228 e. The van der Waals surface area contributed by atoms with E-state index in [-0.39, 0.29) is 28.6 Å². The zero-order valence-corrected chi connectivity index (χ0v) is 18.6. The molecule has 0 spiro atoms. The van der Waals surface area contributed by atoms with Gasteiger partial charge in [0.15, 0.2) is 14.9 Å². The molecule has 3 N–H and O–H groups in total. The summed E-state index contributed by atoms with van der Waals surface area (Å²) in [6.07, 6.45) is 4.90. The lowest BCUT2D eigenvalue weighted by Gasteiger charge is -2.28. The van der Waals surface area contributed by atoms with E-state index in [0.717, 1.165) is 32.1 Å². The number of carbonyl (C=O) groups is 1. The van der Waals surface area contributed by atoms with Gasteiger partial charge in [0.05, 0.1) is 11.5 Å². The lowest BCUT2D eigenvalue weighted by atomic mass is 10.1. The Morgan fingerprint density at radius 2 is 1.85 bits per heavy atom. The third-order valence-corrected chi connectivity index (χ3v) is 6.64. The summed E-state index contributed by atoms with van der Waals surface area (Å²) in [6.45, 7) is 2.13. The summed E-state index contributed by atoms with van der Waals surface area (Å²) < 4.78 is 21.2. The van der Waals surface area contributed by atoms with Gasteiger partial charge in [-0.25, -0.2) is 8.42 Å². The number of halogens is 3. The summed E-state index contributed by atoms with van der Waals surface area (Å²) in [6, 6.07) is -0.287. The van der Waals surface area contributed by atoms with Crippen molar-refractivity contribution in [2.75, 3.05) is 11.5 Å². The minimum absolute atomic E-state index is 0.0113. The number of amides is 1. The van der Waals surface area contributed by atoms with E-state index >= 15 is 0 Å². The monoisotopic (exact) mass is 465 g/mol. The third-order valence-electron chi connectivity index (χ3n) is 3.98. The Balaban J connectivity index is 2.46. The Bertz CT molecular complexity index is 582. The molecule has 0 bridgehead atoms. The molecule has 0 unspecified atom stereocenters. The quantitative estimate of drug-likeness (QED) is 0.210. The predicted octanol–water partition coefficient (Wildman–Crippen LogP) is 2.81. The van der Waals surface area contributed by atoms with E-state index < -0.39 is 19.8 Å². The molecule has 0 aliphatic carbocycles. The number of unbranched alkanes of at least 4 members (excludes halogenated alkanes) is 4. The van der Waals surface area contributed by atoms with Gasteiger partial charge >= 0.3 is 0 Å². The van der Waals surface area contributed by atoms with Gasteiger partial charge in [0, 0.05) is 12.5 Å². The summed E-state index contributed by atoms with van der Waals surface area (Å²) in [5.74, 6) is -0.107. The maximum atomic E-state index is 12.1. The van der Waals surface area contributed by atoms with E-state index in [1.54, 1.807) is 0 Å². The van der Waals surface area contributed by atoms with Crippen LogP contribution in [0.3, 0.4) is 0 Å². The van der Waals surface area contributed by atoms with Crippen molar-refractivity contribution in [1.29, 1.82) is 0 Å². The zero-order chi connectivity index (χ0) is 19.8.